The summed E-state index contributed by atoms with van der Waals surface area (Å²) in [5.41, 5.74) is 3.57. The molecule has 0 unspecified atom stereocenters. The van der Waals surface area contributed by atoms with Crippen molar-refractivity contribution < 1.29 is 9.84 Å². The van der Waals surface area contributed by atoms with Gasteiger partial charge in [-0.15, -0.1) is 11.3 Å². The van der Waals surface area contributed by atoms with E-state index in [9.17, 15) is 5.11 Å². The van der Waals surface area contributed by atoms with Crippen molar-refractivity contribution in [1.29, 1.82) is 0 Å². The summed E-state index contributed by atoms with van der Waals surface area (Å²) in [7, 11) is 1.82. The van der Waals surface area contributed by atoms with Gasteiger partial charge in [0.05, 0.1) is 5.69 Å². The molecule has 3 rings (SSSR count). The lowest BCUT2D eigenvalue weighted by Gasteiger charge is -2.28. The van der Waals surface area contributed by atoms with Crippen LogP contribution in [0.2, 0.25) is 0 Å². The number of phenolic OH excluding ortho intramolecular Hbond substituents is 1. The molecule has 154 valence electrons. The third kappa shape index (κ3) is 3.73. The molecule has 1 aliphatic rings. The van der Waals surface area contributed by atoms with E-state index in [0.29, 0.717) is 5.75 Å². The van der Waals surface area contributed by atoms with E-state index in [1.165, 1.54) is 17.7 Å². The second kappa shape index (κ2) is 7.14. The van der Waals surface area contributed by atoms with Crippen LogP contribution in [0.15, 0.2) is 12.1 Å². The van der Waals surface area contributed by atoms with Gasteiger partial charge in [-0.25, -0.2) is 4.98 Å². The van der Waals surface area contributed by atoms with Gasteiger partial charge in [-0.05, 0) is 42.7 Å². The smallest absolute Gasteiger partial charge is 0.126 e. The quantitative estimate of drug-likeness (QED) is 0.612. The molecule has 1 N–H and O–H groups in total. The zero-order valence-electron chi connectivity index (χ0n) is 18.7. The number of nitrogens with zero attached hydrogens (tertiary/aromatic N) is 1. The van der Waals surface area contributed by atoms with Crippen LogP contribution in [-0.4, -0.2) is 17.2 Å². The Kier molecular flexibility index (Phi) is 5.44. The van der Waals surface area contributed by atoms with Crippen molar-refractivity contribution >= 4 is 11.3 Å². The predicted molar refractivity (Wildman–Crippen MR) is 119 cm³/mol. The number of hydrogen-bond donors (Lipinski definition) is 1. The Morgan fingerprint density at radius 3 is 1.93 bits per heavy atom. The number of ether oxygens (including phenoxy) is 1. The zero-order chi connectivity index (χ0) is 20.9. The van der Waals surface area contributed by atoms with Gasteiger partial charge in [-0.2, -0.15) is 0 Å². The highest BCUT2D eigenvalue weighted by Gasteiger charge is 2.39. The van der Waals surface area contributed by atoms with E-state index >= 15 is 0 Å². The number of aromatic hydroxyl groups is 1. The number of aryl methyl sites for hydroxylation is 1. The van der Waals surface area contributed by atoms with Crippen molar-refractivity contribution in [1.82, 2.24) is 4.98 Å². The molecule has 2 aromatic rings. The van der Waals surface area contributed by atoms with E-state index in [4.69, 9.17) is 9.72 Å². The zero-order valence-corrected chi connectivity index (χ0v) is 19.5. The van der Waals surface area contributed by atoms with Crippen LogP contribution in [0.3, 0.4) is 0 Å². The van der Waals surface area contributed by atoms with Crippen molar-refractivity contribution in [2.45, 2.75) is 90.6 Å². The number of methoxy groups -OCH3 is 1. The largest absolute Gasteiger partial charge is 0.507 e. The molecule has 0 aliphatic heterocycles. The second-order valence-corrected chi connectivity index (χ2v) is 11.5. The molecule has 0 atom stereocenters. The van der Waals surface area contributed by atoms with Crippen LogP contribution >= 0.6 is 11.3 Å². The molecule has 3 nitrogen and oxygen atoms in total. The Bertz CT molecular complexity index is 827. The highest BCUT2D eigenvalue weighted by atomic mass is 32.1. The summed E-state index contributed by atoms with van der Waals surface area (Å²) in [4.78, 5) is 6.30. The summed E-state index contributed by atoms with van der Waals surface area (Å²) in [5, 5.41) is 12.1. The molecule has 1 aliphatic carbocycles. The van der Waals surface area contributed by atoms with E-state index in [2.05, 4.69) is 60.6 Å². The molecule has 0 amide bonds. The van der Waals surface area contributed by atoms with Crippen molar-refractivity contribution in [3.63, 3.8) is 0 Å². The van der Waals surface area contributed by atoms with Crippen LogP contribution in [-0.2, 0) is 21.2 Å². The maximum absolute atomic E-state index is 11.0. The fourth-order valence-corrected chi connectivity index (χ4v) is 5.39. The minimum absolute atomic E-state index is 0.147. The van der Waals surface area contributed by atoms with Gasteiger partial charge < -0.3 is 9.84 Å². The van der Waals surface area contributed by atoms with Crippen LogP contribution in [0.1, 0.15) is 88.2 Å². The van der Waals surface area contributed by atoms with E-state index in [0.717, 1.165) is 40.2 Å². The second-order valence-electron chi connectivity index (χ2n) is 10.2. The van der Waals surface area contributed by atoms with E-state index < -0.39 is 0 Å². The molecule has 0 bridgehead atoms. The fraction of sp³-hybridized carbons (Fsp3) is 0.625. The molecule has 1 saturated carbocycles. The molecule has 0 saturated heterocycles. The molecule has 0 spiro atoms. The van der Waals surface area contributed by atoms with Crippen molar-refractivity contribution in [2.75, 3.05) is 7.11 Å². The molecule has 1 fully saturated rings. The molecular weight excluding hydrogens is 366 g/mol. The van der Waals surface area contributed by atoms with Gasteiger partial charge in [0.2, 0.25) is 0 Å². The van der Waals surface area contributed by atoms with E-state index in [1.54, 1.807) is 11.3 Å². The Morgan fingerprint density at radius 1 is 1.00 bits per heavy atom. The van der Waals surface area contributed by atoms with E-state index in [1.807, 2.05) is 7.11 Å². The lowest BCUT2D eigenvalue weighted by Crippen LogP contribution is -2.24. The van der Waals surface area contributed by atoms with Gasteiger partial charge in [0.25, 0.3) is 0 Å². The summed E-state index contributed by atoms with van der Waals surface area (Å²) in [6.07, 6.45) is 4.49. The summed E-state index contributed by atoms with van der Waals surface area (Å²) >= 11 is 1.76. The van der Waals surface area contributed by atoms with Gasteiger partial charge in [0.15, 0.2) is 0 Å². The van der Waals surface area contributed by atoms with Gasteiger partial charge >= 0.3 is 0 Å². The highest BCUT2D eigenvalue weighted by molar-refractivity contribution is 7.12. The first-order chi connectivity index (χ1) is 12.9. The molecule has 4 heteroatoms. The van der Waals surface area contributed by atoms with Crippen molar-refractivity contribution in [3.05, 3.63) is 33.1 Å². The summed E-state index contributed by atoms with van der Waals surface area (Å²) in [6, 6.07) is 4.26. The highest BCUT2D eigenvalue weighted by Crippen LogP contribution is 2.47. The third-order valence-corrected chi connectivity index (χ3v) is 7.14. The maximum atomic E-state index is 11.0. The standard InChI is InChI=1S/C24H35NO2S/c1-15-19(25-21(28-15)24(27-8)11-9-10-12-24)16-13-17(22(2,3)4)20(26)18(14-16)23(5,6)7/h13-14,26H,9-12H2,1-8H3. The molecule has 28 heavy (non-hydrogen) atoms. The Morgan fingerprint density at radius 2 is 1.50 bits per heavy atom. The average molecular weight is 402 g/mol. The molecule has 1 aromatic carbocycles. The minimum Gasteiger partial charge on any atom is -0.507 e. The number of thiazole rings is 1. The summed E-state index contributed by atoms with van der Waals surface area (Å²) < 4.78 is 5.97. The minimum atomic E-state index is -0.218. The normalized spacial score (nSPS) is 17.3. The van der Waals surface area contributed by atoms with Crippen LogP contribution in [0.5, 0.6) is 5.75 Å². The summed E-state index contributed by atoms with van der Waals surface area (Å²) in [5.74, 6) is 0.418. The van der Waals surface area contributed by atoms with Crippen LogP contribution in [0.25, 0.3) is 11.3 Å². The SMILES string of the molecule is COC1(c2nc(-c3cc(C(C)(C)C)c(O)c(C(C)(C)C)c3)c(C)s2)CCCC1. The number of benzene rings is 1. The number of rotatable bonds is 3. The topological polar surface area (TPSA) is 42.4 Å². The maximum Gasteiger partial charge on any atom is 0.126 e. The Hall–Kier alpha value is -1.39. The number of hydrogen-bond acceptors (Lipinski definition) is 4. The number of aromatic nitrogens is 1. The molecule has 1 aromatic heterocycles. The van der Waals surface area contributed by atoms with Crippen LogP contribution in [0.4, 0.5) is 0 Å². The van der Waals surface area contributed by atoms with Gasteiger partial charge in [-0.3, -0.25) is 0 Å². The third-order valence-electron chi connectivity index (χ3n) is 5.99. The predicted octanol–water partition coefficient (Wildman–Crippen LogP) is 6.83. The Labute approximate surface area is 174 Å². The number of phenols is 1. The summed E-state index contributed by atoms with van der Waals surface area (Å²) in [6.45, 7) is 15.0. The first-order valence-electron chi connectivity index (χ1n) is 10.3. The first kappa shape index (κ1) is 21.3. The molecule has 0 radical (unpaired) electrons. The molecule has 1 heterocycles. The van der Waals surface area contributed by atoms with Crippen molar-refractivity contribution in [2.24, 2.45) is 0 Å². The van der Waals surface area contributed by atoms with E-state index in [-0.39, 0.29) is 16.4 Å². The average Bonchev–Trinajstić information content (AvgIpc) is 3.20. The lowest BCUT2D eigenvalue weighted by atomic mass is 9.78. The van der Waals surface area contributed by atoms with Crippen molar-refractivity contribution in [3.8, 4) is 17.0 Å². The Balaban J connectivity index is 2.19. The fourth-order valence-electron chi connectivity index (χ4n) is 4.23. The molecular formula is C24H35NO2S. The van der Waals surface area contributed by atoms with Gasteiger partial charge in [0, 0.05) is 28.7 Å². The lowest BCUT2D eigenvalue weighted by molar-refractivity contribution is -0.00879. The van der Waals surface area contributed by atoms with Gasteiger partial charge in [0.1, 0.15) is 16.4 Å². The van der Waals surface area contributed by atoms with Crippen LogP contribution in [0, 0.1) is 6.92 Å². The monoisotopic (exact) mass is 401 g/mol. The van der Waals surface area contributed by atoms with Gasteiger partial charge in [-0.1, -0.05) is 54.4 Å². The first-order valence-corrected chi connectivity index (χ1v) is 11.1. The van der Waals surface area contributed by atoms with Crippen LogP contribution < -0.4 is 0 Å².